The fourth-order valence-electron chi connectivity index (χ4n) is 3.87. The molecule has 0 radical (unpaired) electrons. The van der Waals surface area contributed by atoms with Crippen molar-refractivity contribution in [1.82, 2.24) is 29.9 Å². The summed E-state index contributed by atoms with van der Waals surface area (Å²) in [4.78, 5) is 8.66. The number of aromatic amines is 1. The molecule has 1 atom stereocenters. The third kappa shape index (κ3) is 3.81. The van der Waals surface area contributed by atoms with E-state index in [0.29, 0.717) is 29.6 Å². The number of rotatable bonds is 4. The van der Waals surface area contributed by atoms with Crippen molar-refractivity contribution < 1.29 is 17.9 Å². The first-order valence-corrected chi connectivity index (χ1v) is 10.2. The molecule has 1 aliphatic heterocycles. The Morgan fingerprint density at radius 2 is 2.06 bits per heavy atom. The van der Waals surface area contributed by atoms with Crippen molar-refractivity contribution in [2.45, 2.75) is 25.1 Å². The van der Waals surface area contributed by atoms with Crippen LogP contribution < -0.4 is 4.74 Å². The number of fused-ring (bicyclic) bond motifs is 1. The summed E-state index contributed by atoms with van der Waals surface area (Å²) in [5.74, 6) is 0.940. The minimum absolute atomic E-state index is 0.151. The summed E-state index contributed by atoms with van der Waals surface area (Å²) in [6, 6.07) is 8.57. The van der Waals surface area contributed by atoms with E-state index < -0.39 is 11.9 Å². The molecule has 0 saturated carbocycles. The van der Waals surface area contributed by atoms with E-state index >= 15 is 0 Å². The van der Waals surface area contributed by atoms with Gasteiger partial charge >= 0.3 is 6.18 Å². The molecule has 0 aliphatic carbocycles. The molecule has 4 heterocycles. The van der Waals surface area contributed by atoms with Crippen molar-refractivity contribution in [3.8, 4) is 28.4 Å². The number of ether oxygens (including phenoxy) is 1. The average Bonchev–Trinajstić information content (AvgIpc) is 3.44. The van der Waals surface area contributed by atoms with Crippen LogP contribution in [0.2, 0.25) is 5.02 Å². The number of halogens is 4. The highest BCUT2D eigenvalue weighted by molar-refractivity contribution is 6.31. The Bertz CT molecular complexity index is 1270. The van der Waals surface area contributed by atoms with E-state index in [1.54, 1.807) is 6.33 Å². The molecule has 0 amide bonds. The van der Waals surface area contributed by atoms with E-state index in [2.05, 4.69) is 20.3 Å². The third-order valence-corrected chi connectivity index (χ3v) is 5.67. The van der Waals surface area contributed by atoms with Crippen LogP contribution in [-0.4, -0.2) is 36.6 Å². The second-order valence-electron chi connectivity index (χ2n) is 7.40. The maximum Gasteiger partial charge on any atom is 0.435 e. The van der Waals surface area contributed by atoms with E-state index in [9.17, 15) is 13.2 Å². The molecule has 0 saturated heterocycles. The highest BCUT2D eigenvalue weighted by Crippen LogP contribution is 2.39. The highest BCUT2D eigenvalue weighted by Gasteiger charge is 2.37. The van der Waals surface area contributed by atoms with Gasteiger partial charge in [0, 0.05) is 41.0 Å². The molecule has 0 bridgehead atoms. The zero-order valence-corrected chi connectivity index (χ0v) is 17.2. The van der Waals surface area contributed by atoms with Crippen LogP contribution in [0.4, 0.5) is 13.2 Å². The van der Waals surface area contributed by atoms with Crippen molar-refractivity contribution in [2.75, 3.05) is 6.61 Å². The zero-order valence-electron chi connectivity index (χ0n) is 16.5. The number of hydrogen-bond acceptors (Lipinski definition) is 5. The number of imidazole rings is 1. The Labute approximate surface area is 185 Å². The first-order valence-electron chi connectivity index (χ1n) is 9.78. The number of nitrogens with zero attached hydrogens (tertiary/aromatic N) is 5. The molecule has 1 aliphatic rings. The zero-order chi connectivity index (χ0) is 22.3. The Balaban J connectivity index is 1.41. The number of H-pyrrole nitrogens is 1. The minimum Gasteiger partial charge on any atom is -0.493 e. The molecule has 1 N–H and O–H groups in total. The van der Waals surface area contributed by atoms with Gasteiger partial charge in [0.15, 0.2) is 5.69 Å². The summed E-state index contributed by atoms with van der Waals surface area (Å²) in [7, 11) is 0. The Kier molecular flexibility index (Phi) is 5.09. The Hall–Kier alpha value is -3.40. The first-order chi connectivity index (χ1) is 15.4. The molecule has 11 heteroatoms. The van der Waals surface area contributed by atoms with Crippen LogP contribution in [0.5, 0.6) is 5.75 Å². The number of alkyl halides is 3. The summed E-state index contributed by atoms with van der Waals surface area (Å²) in [6.45, 7) is 1.23. The first kappa shape index (κ1) is 20.5. The van der Waals surface area contributed by atoms with Gasteiger partial charge in [-0.1, -0.05) is 22.9 Å². The van der Waals surface area contributed by atoms with Gasteiger partial charge in [-0.05, 0) is 30.7 Å². The monoisotopic (exact) mass is 460 g/mol. The number of benzene rings is 1. The number of hydrogen-bond donors (Lipinski definition) is 1. The van der Waals surface area contributed by atoms with Crippen LogP contribution in [0.3, 0.4) is 0 Å². The molecule has 164 valence electrons. The minimum atomic E-state index is -4.59. The van der Waals surface area contributed by atoms with E-state index in [-0.39, 0.29) is 17.2 Å². The standard InChI is InChI=1S/C21H16ClF3N6O/c22-14-2-1-3-17-18(14)13(5-7-32-17)9-31-10-16(27-11-31)15-8-12(4-6-26-15)19-20(21(23,24)25)29-30-28-19/h1-4,6,8,10-11,13H,5,7,9H2,(H,28,29,30)/t13-/m1/s1. The number of pyridine rings is 1. The van der Waals surface area contributed by atoms with Crippen LogP contribution in [0, 0.1) is 0 Å². The van der Waals surface area contributed by atoms with Crippen molar-refractivity contribution in [3.63, 3.8) is 0 Å². The SMILES string of the molecule is FC(F)(F)c1[nH]nnc1-c1ccnc(-c2cn(C[C@H]3CCOc4cccc(Cl)c43)cn2)c1. The second kappa shape index (κ2) is 7.94. The highest BCUT2D eigenvalue weighted by atomic mass is 35.5. The molecule has 5 rings (SSSR count). The molecule has 0 spiro atoms. The van der Waals surface area contributed by atoms with Gasteiger partial charge in [-0.3, -0.25) is 10.1 Å². The molecular formula is C21H16ClF3N6O. The number of aromatic nitrogens is 6. The van der Waals surface area contributed by atoms with Crippen LogP contribution in [0.1, 0.15) is 23.6 Å². The number of nitrogens with one attached hydrogen (secondary N) is 1. The van der Waals surface area contributed by atoms with E-state index in [4.69, 9.17) is 16.3 Å². The van der Waals surface area contributed by atoms with Crippen LogP contribution in [0.15, 0.2) is 49.1 Å². The molecule has 3 aromatic heterocycles. The van der Waals surface area contributed by atoms with Gasteiger partial charge in [-0.2, -0.15) is 13.2 Å². The van der Waals surface area contributed by atoms with Crippen molar-refractivity contribution in [2.24, 2.45) is 0 Å². The van der Waals surface area contributed by atoms with Gasteiger partial charge in [0.2, 0.25) is 0 Å². The van der Waals surface area contributed by atoms with Gasteiger partial charge in [0.1, 0.15) is 17.1 Å². The van der Waals surface area contributed by atoms with Crippen molar-refractivity contribution in [1.29, 1.82) is 0 Å². The fourth-order valence-corrected chi connectivity index (χ4v) is 4.19. The van der Waals surface area contributed by atoms with E-state index in [1.165, 1.54) is 18.3 Å². The van der Waals surface area contributed by atoms with E-state index in [0.717, 1.165) is 17.7 Å². The van der Waals surface area contributed by atoms with Crippen LogP contribution in [0.25, 0.3) is 22.6 Å². The summed E-state index contributed by atoms with van der Waals surface area (Å²) >= 11 is 6.41. The van der Waals surface area contributed by atoms with Crippen molar-refractivity contribution >= 4 is 11.6 Å². The predicted molar refractivity (Wildman–Crippen MR) is 110 cm³/mol. The van der Waals surface area contributed by atoms with Crippen molar-refractivity contribution in [3.05, 3.63) is 65.3 Å². The van der Waals surface area contributed by atoms with Crippen LogP contribution >= 0.6 is 11.6 Å². The maximum atomic E-state index is 13.2. The third-order valence-electron chi connectivity index (χ3n) is 5.34. The van der Waals surface area contributed by atoms with Gasteiger partial charge < -0.3 is 9.30 Å². The second-order valence-corrected chi connectivity index (χ2v) is 7.81. The predicted octanol–water partition coefficient (Wildman–Crippen LogP) is 4.97. The molecule has 4 aromatic rings. The lowest BCUT2D eigenvalue weighted by Crippen LogP contribution is -2.18. The van der Waals surface area contributed by atoms with Gasteiger partial charge in [0.05, 0.1) is 18.6 Å². The largest absolute Gasteiger partial charge is 0.493 e. The fraction of sp³-hybridized carbons (Fsp3) is 0.238. The average molecular weight is 461 g/mol. The quantitative estimate of drug-likeness (QED) is 0.465. The lowest BCUT2D eigenvalue weighted by Gasteiger charge is -2.27. The van der Waals surface area contributed by atoms with E-state index in [1.807, 2.05) is 34.1 Å². The van der Waals surface area contributed by atoms with Gasteiger partial charge in [0.25, 0.3) is 0 Å². The maximum absolute atomic E-state index is 13.2. The summed E-state index contributed by atoms with van der Waals surface area (Å²) < 4.78 is 47.2. The lowest BCUT2D eigenvalue weighted by molar-refractivity contribution is -0.140. The summed E-state index contributed by atoms with van der Waals surface area (Å²) in [5.41, 5.74) is 0.902. The molecule has 1 aromatic carbocycles. The summed E-state index contributed by atoms with van der Waals surface area (Å²) in [6.07, 6.45) is 1.13. The topological polar surface area (TPSA) is 81.5 Å². The lowest BCUT2D eigenvalue weighted by atomic mass is 9.93. The molecule has 0 unspecified atom stereocenters. The normalized spacial score (nSPS) is 15.9. The van der Waals surface area contributed by atoms with Crippen LogP contribution in [-0.2, 0) is 12.7 Å². The Morgan fingerprint density at radius 1 is 1.19 bits per heavy atom. The summed E-state index contributed by atoms with van der Waals surface area (Å²) in [5, 5.41) is 9.48. The smallest absolute Gasteiger partial charge is 0.435 e. The molecule has 32 heavy (non-hydrogen) atoms. The van der Waals surface area contributed by atoms with Gasteiger partial charge in [-0.25, -0.2) is 4.98 Å². The molecule has 0 fully saturated rings. The molecule has 7 nitrogen and oxygen atoms in total. The Morgan fingerprint density at radius 3 is 2.91 bits per heavy atom. The van der Waals surface area contributed by atoms with Gasteiger partial charge in [-0.15, -0.1) is 5.10 Å². The molecular weight excluding hydrogens is 445 g/mol.